The second kappa shape index (κ2) is 10.5. The summed E-state index contributed by atoms with van der Waals surface area (Å²) in [4.78, 5) is 26.3. The zero-order valence-electron chi connectivity index (χ0n) is 18.5. The van der Waals surface area contributed by atoms with E-state index in [0.717, 1.165) is 42.7 Å². The Labute approximate surface area is 199 Å². The molecule has 1 aliphatic rings. The van der Waals surface area contributed by atoms with Crippen molar-refractivity contribution in [3.05, 3.63) is 65.5 Å². The number of thioether (sulfide) groups is 1. The van der Waals surface area contributed by atoms with Crippen molar-refractivity contribution in [1.82, 2.24) is 20.3 Å². The van der Waals surface area contributed by atoms with Gasteiger partial charge >= 0.3 is 6.18 Å². The SMILES string of the molecule is CC1CCCCN1c1cc(C(F)(F)F)nc(SCc2ccc(C(=O)NCc3cccnc3)o2)n1. The molecule has 180 valence electrons. The Morgan fingerprint density at radius 1 is 1.26 bits per heavy atom. The molecule has 1 saturated heterocycles. The molecule has 4 rings (SSSR count). The number of aromatic nitrogens is 3. The molecule has 0 saturated carbocycles. The van der Waals surface area contributed by atoms with Crippen molar-refractivity contribution in [2.75, 3.05) is 11.4 Å². The fourth-order valence-corrected chi connectivity index (χ4v) is 4.44. The minimum absolute atomic E-state index is 0.0153. The lowest BCUT2D eigenvalue weighted by molar-refractivity contribution is -0.141. The quantitative estimate of drug-likeness (QED) is 0.364. The van der Waals surface area contributed by atoms with Crippen molar-refractivity contribution in [2.45, 2.75) is 55.9 Å². The highest BCUT2D eigenvalue weighted by molar-refractivity contribution is 7.98. The van der Waals surface area contributed by atoms with Crippen molar-refractivity contribution >= 4 is 23.5 Å². The molecular weight excluding hydrogens is 467 g/mol. The maximum absolute atomic E-state index is 13.5. The average Bonchev–Trinajstić information content (AvgIpc) is 3.31. The van der Waals surface area contributed by atoms with Gasteiger partial charge < -0.3 is 14.6 Å². The topological polar surface area (TPSA) is 84.2 Å². The number of piperidine rings is 1. The molecule has 1 N–H and O–H groups in total. The minimum atomic E-state index is -4.57. The molecule has 3 aromatic rings. The molecule has 1 fully saturated rings. The van der Waals surface area contributed by atoms with E-state index in [1.165, 1.54) is 6.07 Å². The number of carbonyl (C=O) groups is 1. The molecule has 0 bridgehead atoms. The summed E-state index contributed by atoms with van der Waals surface area (Å²) in [6.45, 7) is 2.95. The summed E-state index contributed by atoms with van der Waals surface area (Å²) in [5.41, 5.74) is -0.119. The smallest absolute Gasteiger partial charge is 0.433 e. The number of carbonyl (C=O) groups excluding carboxylic acids is 1. The van der Waals surface area contributed by atoms with Gasteiger partial charge in [0.25, 0.3) is 5.91 Å². The number of amides is 1. The van der Waals surface area contributed by atoms with Crippen LogP contribution in [-0.4, -0.2) is 33.4 Å². The van der Waals surface area contributed by atoms with Gasteiger partial charge in [-0.3, -0.25) is 9.78 Å². The van der Waals surface area contributed by atoms with Gasteiger partial charge in [0.05, 0.1) is 5.75 Å². The van der Waals surface area contributed by atoms with Gasteiger partial charge in [-0.05, 0) is 49.9 Å². The number of rotatable bonds is 7. The van der Waals surface area contributed by atoms with Crippen LogP contribution in [0, 0.1) is 0 Å². The van der Waals surface area contributed by atoms with Crippen molar-refractivity contribution in [3.63, 3.8) is 0 Å². The first kappa shape index (κ1) is 24.1. The zero-order chi connectivity index (χ0) is 24.1. The third kappa shape index (κ3) is 6.07. The maximum atomic E-state index is 13.5. The first-order chi connectivity index (χ1) is 16.3. The van der Waals surface area contributed by atoms with Gasteiger partial charge in [0, 0.05) is 37.6 Å². The number of pyridine rings is 1. The number of furan rings is 1. The second-order valence-corrected chi connectivity index (χ2v) is 8.97. The summed E-state index contributed by atoms with van der Waals surface area (Å²) < 4.78 is 46.0. The zero-order valence-corrected chi connectivity index (χ0v) is 19.3. The molecule has 0 aromatic carbocycles. The first-order valence-electron chi connectivity index (χ1n) is 10.9. The monoisotopic (exact) mass is 491 g/mol. The van der Waals surface area contributed by atoms with E-state index in [1.807, 2.05) is 17.9 Å². The number of nitrogens with zero attached hydrogens (tertiary/aromatic N) is 4. The van der Waals surface area contributed by atoms with Crippen LogP contribution in [0.3, 0.4) is 0 Å². The van der Waals surface area contributed by atoms with Gasteiger partial charge in [0.15, 0.2) is 16.6 Å². The van der Waals surface area contributed by atoms with Crippen LogP contribution in [0.15, 0.2) is 52.3 Å². The standard InChI is InChI=1S/C23H24F3N5O2S/c1-15-5-2-3-10-31(15)20-11-19(23(24,25)26)29-22(30-20)34-14-17-7-8-18(33-17)21(32)28-13-16-6-4-9-27-12-16/h4,6-9,11-12,15H,2-3,5,10,13-14H2,1H3,(H,28,32). The third-order valence-electron chi connectivity index (χ3n) is 5.48. The molecule has 0 aliphatic carbocycles. The lowest BCUT2D eigenvalue weighted by Gasteiger charge is -2.34. The van der Waals surface area contributed by atoms with E-state index < -0.39 is 17.8 Å². The highest BCUT2D eigenvalue weighted by Crippen LogP contribution is 2.34. The number of anilines is 1. The Balaban J connectivity index is 1.43. The molecule has 7 nitrogen and oxygen atoms in total. The highest BCUT2D eigenvalue weighted by Gasteiger charge is 2.35. The molecule has 1 aliphatic heterocycles. The predicted octanol–water partition coefficient (Wildman–Crippen LogP) is 5.08. The normalized spacial score (nSPS) is 16.5. The van der Waals surface area contributed by atoms with Crippen molar-refractivity contribution < 1.29 is 22.4 Å². The van der Waals surface area contributed by atoms with Gasteiger partial charge in [-0.1, -0.05) is 17.8 Å². The summed E-state index contributed by atoms with van der Waals surface area (Å²) in [5.74, 6) is 0.632. The largest absolute Gasteiger partial charge is 0.455 e. The van der Waals surface area contributed by atoms with E-state index in [-0.39, 0.29) is 28.5 Å². The van der Waals surface area contributed by atoms with Gasteiger partial charge in [-0.2, -0.15) is 13.2 Å². The van der Waals surface area contributed by atoms with E-state index in [9.17, 15) is 18.0 Å². The van der Waals surface area contributed by atoms with Gasteiger partial charge in [0.1, 0.15) is 11.6 Å². The van der Waals surface area contributed by atoms with Crippen molar-refractivity contribution in [2.24, 2.45) is 0 Å². The van der Waals surface area contributed by atoms with Crippen LogP contribution in [0.1, 0.15) is 53.8 Å². The van der Waals surface area contributed by atoms with E-state index >= 15 is 0 Å². The number of nitrogens with one attached hydrogen (secondary N) is 1. The summed E-state index contributed by atoms with van der Waals surface area (Å²) >= 11 is 1.04. The van der Waals surface area contributed by atoms with Crippen molar-refractivity contribution in [1.29, 1.82) is 0 Å². The van der Waals surface area contributed by atoms with Crippen LogP contribution >= 0.6 is 11.8 Å². The molecular formula is C23H24F3N5O2S. The predicted molar refractivity (Wildman–Crippen MR) is 121 cm³/mol. The number of alkyl halides is 3. The molecule has 34 heavy (non-hydrogen) atoms. The Morgan fingerprint density at radius 2 is 2.12 bits per heavy atom. The molecule has 1 atom stereocenters. The number of halogens is 3. The van der Waals surface area contributed by atoms with Crippen LogP contribution in [0.5, 0.6) is 0 Å². The van der Waals surface area contributed by atoms with Gasteiger partial charge in [-0.25, -0.2) is 9.97 Å². The molecule has 4 heterocycles. The minimum Gasteiger partial charge on any atom is -0.455 e. The van der Waals surface area contributed by atoms with Crippen LogP contribution in [0.4, 0.5) is 19.0 Å². The molecule has 0 radical (unpaired) electrons. The molecule has 0 spiro atoms. The maximum Gasteiger partial charge on any atom is 0.433 e. The molecule has 1 unspecified atom stereocenters. The highest BCUT2D eigenvalue weighted by atomic mass is 32.2. The van der Waals surface area contributed by atoms with Crippen LogP contribution in [-0.2, 0) is 18.5 Å². The van der Waals surface area contributed by atoms with Crippen molar-refractivity contribution in [3.8, 4) is 0 Å². The summed E-state index contributed by atoms with van der Waals surface area (Å²) in [6.07, 6.45) is 1.59. The van der Waals surface area contributed by atoms with Crippen LogP contribution in [0.2, 0.25) is 0 Å². The van der Waals surface area contributed by atoms with Crippen LogP contribution in [0.25, 0.3) is 0 Å². The lowest BCUT2D eigenvalue weighted by atomic mass is 10.0. The third-order valence-corrected chi connectivity index (χ3v) is 6.35. The Bertz CT molecular complexity index is 1120. The number of hydrogen-bond donors (Lipinski definition) is 1. The van der Waals surface area contributed by atoms with Crippen LogP contribution < -0.4 is 10.2 Å². The Kier molecular flexibility index (Phi) is 7.40. The second-order valence-electron chi connectivity index (χ2n) is 8.03. The Morgan fingerprint density at radius 3 is 2.85 bits per heavy atom. The summed E-state index contributed by atoms with van der Waals surface area (Å²) in [5, 5.41) is 2.76. The van der Waals surface area contributed by atoms with Gasteiger partial charge in [0.2, 0.25) is 0 Å². The van der Waals surface area contributed by atoms with E-state index in [1.54, 1.807) is 24.5 Å². The molecule has 1 amide bonds. The fraction of sp³-hybridized carbons (Fsp3) is 0.391. The van der Waals surface area contributed by atoms with Gasteiger partial charge in [-0.15, -0.1) is 0 Å². The van der Waals surface area contributed by atoms with E-state index in [4.69, 9.17) is 4.42 Å². The average molecular weight is 492 g/mol. The van der Waals surface area contributed by atoms with E-state index in [0.29, 0.717) is 18.8 Å². The fourth-order valence-electron chi connectivity index (χ4n) is 3.69. The Hall–Kier alpha value is -3.08. The number of hydrogen-bond acceptors (Lipinski definition) is 7. The lowest BCUT2D eigenvalue weighted by Crippen LogP contribution is -2.38. The molecule has 3 aromatic heterocycles. The first-order valence-corrected chi connectivity index (χ1v) is 11.9. The van der Waals surface area contributed by atoms with E-state index in [2.05, 4.69) is 20.3 Å². The summed E-state index contributed by atoms with van der Waals surface area (Å²) in [7, 11) is 0. The molecule has 11 heteroatoms. The summed E-state index contributed by atoms with van der Waals surface area (Å²) in [6, 6.07) is 7.89.